The molecule has 1 amide bonds. The minimum absolute atomic E-state index is 0. The molecule has 0 aromatic heterocycles. The van der Waals surface area contributed by atoms with Crippen LogP contribution in [0.4, 0.5) is 10.5 Å². The zero-order valence-corrected chi connectivity index (χ0v) is 13.9. The monoisotopic (exact) mass is 324 g/mol. The first-order chi connectivity index (χ1) is 10.2. The van der Waals surface area contributed by atoms with E-state index in [-0.39, 0.29) is 24.6 Å². The lowest BCUT2D eigenvalue weighted by Gasteiger charge is -2.43. The van der Waals surface area contributed by atoms with Gasteiger partial charge < -0.3 is 4.74 Å². The quantitative estimate of drug-likeness (QED) is 0.918. The second-order valence-corrected chi connectivity index (χ2v) is 6.16. The number of halogens is 1. The number of amides is 1. The summed E-state index contributed by atoms with van der Waals surface area (Å²) < 4.78 is 5.64. The van der Waals surface area contributed by atoms with Gasteiger partial charge in [-0.25, -0.2) is 4.79 Å². The number of hydrogen-bond acceptors (Lipinski definition) is 3. The number of nitrogens with zero attached hydrogens (tertiary/aromatic N) is 1. The third-order valence-corrected chi connectivity index (χ3v) is 4.57. The summed E-state index contributed by atoms with van der Waals surface area (Å²) in [5, 5.41) is 2.87. The second kappa shape index (κ2) is 7.84. The molecule has 0 radical (unpaired) electrons. The normalized spacial score (nSPS) is 26.1. The molecule has 5 heteroatoms. The van der Waals surface area contributed by atoms with Crippen molar-refractivity contribution in [2.45, 2.75) is 38.7 Å². The van der Waals surface area contributed by atoms with E-state index in [9.17, 15) is 4.79 Å². The van der Waals surface area contributed by atoms with Gasteiger partial charge in [-0.3, -0.25) is 10.2 Å². The van der Waals surface area contributed by atoms with E-state index in [4.69, 9.17) is 4.74 Å². The van der Waals surface area contributed by atoms with Crippen LogP contribution in [0.5, 0.6) is 0 Å². The predicted molar refractivity (Wildman–Crippen MR) is 90.7 cm³/mol. The summed E-state index contributed by atoms with van der Waals surface area (Å²) in [6.45, 7) is 5.37. The number of benzene rings is 1. The van der Waals surface area contributed by atoms with Gasteiger partial charge in [0.1, 0.15) is 6.10 Å². The Morgan fingerprint density at radius 1 is 1.36 bits per heavy atom. The van der Waals surface area contributed by atoms with Crippen molar-refractivity contribution in [1.29, 1.82) is 0 Å². The van der Waals surface area contributed by atoms with E-state index >= 15 is 0 Å². The highest BCUT2D eigenvalue weighted by molar-refractivity contribution is 5.85. The molecule has 1 aromatic rings. The van der Waals surface area contributed by atoms with Gasteiger partial charge in [0.2, 0.25) is 0 Å². The molecule has 0 aliphatic carbocycles. The number of carbonyl (C=O) groups is 1. The summed E-state index contributed by atoms with van der Waals surface area (Å²) in [5.74, 6) is 0.548. The lowest BCUT2D eigenvalue weighted by molar-refractivity contribution is -0.0289. The Balaban J connectivity index is 0.00000176. The standard InChI is InChI=1S/C17H24N2O2.ClH/c1-2-4-13-5-3-6-15(11-13)18-17(20)21-16-12-19-9-7-14(16)8-10-19;/h3,5-6,11,14,16H,2,4,7-10,12H2,1H3,(H,18,20);1H. The Labute approximate surface area is 138 Å². The van der Waals surface area contributed by atoms with Gasteiger partial charge in [-0.2, -0.15) is 0 Å². The number of piperidine rings is 3. The Morgan fingerprint density at radius 2 is 2.14 bits per heavy atom. The molecule has 0 saturated carbocycles. The predicted octanol–water partition coefficient (Wildman–Crippen LogP) is 3.70. The van der Waals surface area contributed by atoms with Gasteiger partial charge in [0.05, 0.1) is 0 Å². The highest BCUT2D eigenvalue weighted by Crippen LogP contribution is 2.29. The van der Waals surface area contributed by atoms with Gasteiger partial charge in [0.25, 0.3) is 0 Å². The van der Waals surface area contributed by atoms with Crippen molar-refractivity contribution in [2.75, 3.05) is 25.0 Å². The number of aryl methyl sites for hydroxylation is 1. The zero-order chi connectivity index (χ0) is 14.7. The largest absolute Gasteiger partial charge is 0.444 e. The van der Waals surface area contributed by atoms with Crippen LogP contribution in [0.15, 0.2) is 24.3 Å². The molecule has 3 aliphatic rings. The summed E-state index contributed by atoms with van der Waals surface area (Å²) in [4.78, 5) is 14.5. The van der Waals surface area contributed by atoms with Crippen LogP contribution in [0.2, 0.25) is 0 Å². The van der Waals surface area contributed by atoms with Crippen LogP contribution >= 0.6 is 12.4 Å². The van der Waals surface area contributed by atoms with Crippen LogP contribution in [0.25, 0.3) is 0 Å². The van der Waals surface area contributed by atoms with E-state index in [2.05, 4.69) is 23.2 Å². The Morgan fingerprint density at radius 3 is 2.77 bits per heavy atom. The van der Waals surface area contributed by atoms with Crippen molar-refractivity contribution in [3.05, 3.63) is 29.8 Å². The van der Waals surface area contributed by atoms with Crippen LogP contribution in [0.1, 0.15) is 31.7 Å². The summed E-state index contributed by atoms with van der Waals surface area (Å²) in [6.07, 6.45) is 4.19. The molecule has 22 heavy (non-hydrogen) atoms. The first-order valence-corrected chi connectivity index (χ1v) is 8.03. The fourth-order valence-electron chi connectivity index (χ4n) is 3.42. The molecule has 1 aromatic carbocycles. The van der Waals surface area contributed by atoms with Crippen molar-refractivity contribution in [2.24, 2.45) is 5.92 Å². The highest BCUT2D eigenvalue weighted by atomic mass is 35.5. The van der Waals surface area contributed by atoms with E-state index in [0.29, 0.717) is 5.92 Å². The van der Waals surface area contributed by atoms with E-state index in [1.807, 2.05) is 18.2 Å². The molecule has 3 saturated heterocycles. The van der Waals surface area contributed by atoms with Crippen molar-refractivity contribution < 1.29 is 9.53 Å². The zero-order valence-electron chi connectivity index (χ0n) is 13.1. The highest BCUT2D eigenvalue weighted by Gasteiger charge is 2.36. The molecule has 3 aliphatic heterocycles. The molecule has 4 rings (SSSR count). The molecular weight excluding hydrogens is 300 g/mol. The van der Waals surface area contributed by atoms with E-state index in [1.54, 1.807) is 0 Å². The number of nitrogens with one attached hydrogen (secondary N) is 1. The molecule has 3 heterocycles. The van der Waals surface area contributed by atoms with Crippen molar-refractivity contribution in [1.82, 2.24) is 4.90 Å². The van der Waals surface area contributed by atoms with Crippen molar-refractivity contribution in [3.8, 4) is 0 Å². The van der Waals surface area contributed by atoms with Crippen LogP contribution in [0.3, 0.4) is 0 Å². The van der Waals surface area contributed by atoms with Crippen molar-refractivity contribution in [3.63, 3.8) is 0 Å². The Bertz CT molecular complexity index is 501. The SMILES string of the molecule is CCCc1cccc(NC(=O)OC2CN3CCC2CC3)c1.Cl. The van der Waals surface area contributed by atoms with Gasteiger partial charge in [-0.1, -0.05) is 25.5 Å². The van der Waals surface area contributed by atoms with Gasteiger partial charge in [0.15, 0.2) is 0 Å². The van der Waals surface area contributed by atoms with Crippen LogP contribution < -0.4 is 5.32 Å². The first-order valence-electron chi connectivity index (χ1n) is 8.03. The molecule has 1 unspecified atom stereocenters. The van der Waals surface area contributed by atoms with E-state index < -0.39 is 0 Å². The smallest absolute Gasteiger partial charge is 0.411 e. The van der Waals surface area contributed by atoms with E-state index in [1.165, 1.54) is 5.56 Å². The lowest BCUT2D eigenvalue weighted by atomic mass is 9.86. The average Bonchev–Trinajstić information content (AvgIpc) is 2.49. The van der Waals surface area contributed by atoms with Crippen LogP contribution in [-0.2, 0) is 11.2 Å². The third kappa shape index (κ3) is 4.14. The maximum Gasteiger partial charge on any atom is 0.411 e. The minimum atomic E-state index is -0.317. The number of ether oxygens (including phenoxy) is 1. The molecule has 3 fully saturated rings. The van der Waals surface area contributed by atoms with Gasteiger partial charge in [-0.15, -0.1) is 12.4 Å². The topological polar surface area (TPSA) is 41.6 Å². The average molecular weight is 325 g/mol. The van der Waals surface area contributed by atoms with Gasteiger partial charge in [0, 0.05) is 12.2 Å². The van der Waals surface area contributed by atoms with Crippen LogP contribution in [0, 0.1) is 5.92 Å². The number of carbonyl (C=O) groups excluding carboxylic acids is 1. The molecule has 2 bridgehead atoms. The summed E-state index contributed by atoms with van der Waals surface area (Å²) in [7, 11) is 0. The number of anilines is 1. The Hall–Kier alpha value is -1.26. The van der Waals surface area contributed by atoms with Gasteiger partial charge >= 0.3 is 6.09 Å². The summed E-state index contributed by atoms with van der Waals surface area (Å²) >= 11 is 0. The molecule has 4 nitrogen and oxygen atoms in total. The summed E-state index contributed by atoms with van der Waals surface area (Å²) in [6, 6.07) is 8.01. The summed E-state index contributed by atoms with van der Waals surface area (Å²) in [5.41, 5.74) is 2.07. The molecule has 122 valence electrons. The van der Waals surface area contributed by atoms with Gasteiger partial charge in [-0.05, 0) is 56.0 Å². The minimum Gasteiger partial charge on any atom is -0.444 e. The number of rotatable bonds is 4. The number of fused-ring (bicyclic) bond motifs is 3. The maximum atomic E-state index is 12.1. The molecule has 0 spiro atoms. The van der Waals surface area contributed by atoms with Crippen molar-refractivity contribution >= 4 is 24.2 Å². The molecule has 1 atom stereocenters. The molecule has 1 N–H and O–H groups in total. The Kier molecular flexibility index (Phi) is 6.09. The lowest BCUT2D eigenvalue weighted by Crippen LogP contribution is -2.52. The fourth-order valence-corrected chi connectivity index (χ4v) is 3.42. The molecular formula is C17H25ClN2O2. The third-order valence-electron chi connectivity index (χ3n) is 4.57. The fraction of sp³-hybridized carbons (Fsp3) is 0.588. The second-order valence-electron chi connectivity index (χ2n) is 6.16. The first kappa shape index (κ1) is 17.1. The van der Waals surface area contributed by atoms with Crippen LogP contribution in [-0.4, -0.2) is 36.7 Å². The van der Waals surface area contributed by atoms with E-state index in [0.717, 1.165) is 51.0 Å². The number of hydrogen-bond donors (Lipinski definition) is 1. The maximum absolute atomic E-state index is 12.1.